The molecule has 1 amide bonds. The van der Waals surface area contributed by atoms with Crippen molar-refractivity contribution < 1.29 is 37.3 Å². The maximum absolute atomic E-state index is 13.6. The van der Waals surface area contributed by atoms with Crippen LogP contribution in [0.2, 0.25) is 0 Å². The first-order valence-electron chi connectivity index (χ1n) is 38.1. The highest BCUT2D eigenvalue weighted by molar-refractivity contribution is 7.47. The van der Waals surface area contributed by atoms with Gasteiger partial charge in [-0.2, -0.15) is 0 Å². The molecule has 0 aromatic rings. The third kappa shape index (κ3) is 68.1. The molecule has 2 N–H and O–H groups in total. The number of nitrogens with one attached hydrogen (secondary N) is 1. The summed E-state index contributed by atoms with van der Waals surface area (Å²) in [5, 5.41) is 3.08. The van der Waals surface area contributed by atoms with Crippen molar-refractivity contribution in [1.82, 2.24) is 5.32 Å². The van der Waals surface area contributed by atoms with Crippen LogP contribution in [0.3, 0.4) is 0 Å². The fourth-order valence-electron chi connectivity index (χ4n) is 11.3. The number of rotatable bonds is 70. The Kier molecular flexibility index (Phi) is 65.8. The van der Waals surface area contributed by atoms with E-state index >= 15 is 0 Å². The lowest BCUT2D eigenvalue weighted by Crippen LogP contribution is -2.47. The molecule has 0 heterocycles. The summed E-state index contributed by atoms with van der Waals surface area (Å²) in [6.07, 6.45) is 88.2. The fourth-order valence-corrected chi connectivity index (χ4v) is 12.1. The van der Waals surface area contributed by atoms with E-state index < -0.39 is 20.0 Å². The van der Waals surface area contributed by atoms with Crippen molar-refractivity contribution in [2.24, 2.45) is 0 Å². The largest absolute Gasteiger partial charge is 0.472 e. The van der Waals surface area contributed by atoms with Crippen LogP contribution >= 0.6 is 7.82 Å². The van der Waals surface area contributed by atoms with E-state index in [1.54, 1.807) is 0 Å². The molecule has 0 aromatic carbocycles. The number of carbonyl (C=O) groups excluding carboxylic acids is 2. The van der Waals surface area contributed by atoms with Gasteiger partial charge in [-0.25, -0.2) is 4.57 Å². The van der Waals surface area contributed by atoms with Crippen LogP contribution in [0.1, 0.15) is 374 Å². The second-order valence-electron chi connectivity index (χ2n) is 27.2. The molecule has 0 saturated carbocycles. The average Bonchev–Trinajstić information content (AvgIpc) is 3.71. The first-order chi connectivity index (χ1) is 42.9. The third-order valence-electron chi connectivity index (χ3n) is 17.2. The smallest absolute Gasteiger partial charge is 0.456 e. The SMILES string of the molecule is CCCCC/C=C\C/C=C\C/C=C\C/C=C\CCCCCCCCCCCC(=O)NC(COP(=O)(O)OCC[N+](C)(C)C)C(/C=C/CCCCCCCCCCCC)OC(=O)CCCCCCCCCCCCCCCCCCCCCCCCCCC. The molecule has 3 unspecified atom stereocenters. The number of amides is 1. The van der Waals surface area contributed by atoms with Gasteiger partial charge in [0, 0.05) is 12.8 Å². The molecule has 0 bridgehead atoms. The van der Waals surface area contributed by atoms with Crippen LogP contribution in [0.25, 0.3) is 0 Å². The Morgan fingerprint density at radius 1 is 0.398 bits per heavy atom. The molecular formula is C78H148N2O7P+. The Morgan fingerprint density at radius 3 is 1.06 bits per heavy atom. The Bertz CT molecular complexity index is 1690. The highest BCUT2D eigenvalue weighted by atomic mass is 31.2. The van der Waals surface area contributed by atoms with Crippen molar-refractivity contribution >= 4 is 19.7 Å². The van der Waals surface area contributed by atoms with Gasteiger partial charge in [0.15, 0.2) is 0 Å². The number of allylic oxidation sites excluding steroid dienone is 9. The molecule has 9 nitrogen and oxygen atoms in total. The van der Waals surface area contributed by atoms with E-state index in [1.807, 2.05) is 33.3 Å². The first kappa shape index (κ1) is 85.7. The molecular weight excluding hydrogens is 1110 g/mol. The van der Waals surface area contributed by atoms with Gasteiger partial charge in [0.05, 0.1) is 33.8 Å². The molecule has 0 aliphatic rings. The van der Waals surface area contributed by atoms with Gasteiger partial charge in [-0.05, 0) is 76.7 Å². The van der Waals surface area contributed by atoms with E-state index in [0.29, 0.717) is 23.9 Å². The van der Waals surface area contributed by atoms with E-state index in [4.69, 9.17) is 13.8 Å². The highest BCUT2D eigenvalue weighted by Gasteiger charge is 2.30. The Hall–Kier alpha value is -2.29. The van der Waals surface area contributed by atoms with Crippen LogP contribution < -0.4 is 5.32 Å². The number of ether oxygens (including phenoxy) is 1. The molecule has 88 heavy (non-hydrogen) atoms. The minimum absolute atomic E-state index is 0.0395. The van der Waals surface area contributed by atoms with Crippen LogP contribution in [-0.4, -0.2) is 74.3 Å². The topological polar surface area (TPSA) is 111 Å². The molecule has 516 valence electrons. The Labute approximate surface area is 547 Å². The molecule has 0 radical (unpaired) electrons. The maximum atomic E-state index is 13.6. The molecule has 0 aliphatic heterocycles. The van der Waals surface area contributed by atoms with E-state index in [0.717, 1.165) is 89.9 Å². The second kappa shape index (κ2) is 67.6. The molecule has 3 atom stereocenters. The van der Waals surface area contributed by atoms with Gasteiger partial charge in [0.25, 0.3) is 0 Å². The zero-order chi connectivity index (χ0) is 64.2. The van der Waals surface area contributed by atoms with Gasteiger partial charge in [-0.1, -0.05) is 345 Å². The van der Waals surface area contributed by atoms with Crippen LogP contribution in [0, 0.1) is 0 Å². The van der Waals surface area contributed by atoms with Gasteiger partial charge < -0.3 is 19.4 Å². The summed E-state index contributed by atoms with van der Waals surface area (Å²) >= 11 is 0. The highest BCUT2D eigenvalue weighted by Crippen LogP contribution is 2.43. The number of unbranched alkanes of at least 4 members (excludes halogenated alkanes) is 46. The molecule has 0 aromatic heterocycles. The standard InChI is InChI=1S/C78H147N2O7P/c1-7-10-13-16-19-22-25-28-30-32-34-36-38-40-42-44-46-48-50-52-55-58-61-64-67-70-77(81)79-75(74-86-88(83,84)85-73-72-80(4,5)6)76(69-66-63-60-57-54-27-24-21-18-15-12-9-3)87-78(82)71-68-65-62-59-56-53-51-49-47-45-43-41-39-37-35-33-31-29-26-23-20-17-14-11-8-2/h19,22,28,30,34,36,40,42,66,69,75-76H,7-18,20-21,23-27,29,31-33,35,37-39,41,43-65,67-68,70-74H2,1-6H3,(H-,79,81,83,84)/p+1/b22-19-,30-28-,36-34-,42-40-,69-66+. The molecule has 0 aliphatic carbocycles. The number of carbonyl (C=O) groups is 2. The quantitative estimate of drug-likeness (QED) is 0.0205. The minimum Gasteiger partial charge on any atom is -0.456 e. The molecule has 0 spiro atoms. The van der Waals surface area contributed by atoms with Crippen molar-refractivity contribution in [3.63, 3.8) is 0 Å². The van der Waals surface area contributed by atoms with Crippen LogP contribution in [-0.2, 0) is 27.9 Å². The summed E-state index contributed by atoms with van der Waals surface area (Å²) in [5.41, 5.74) is 0. The number of phosphoric ester groups is 1. The second-order valence-corrected chi connectivity index (χ2v) is 28.6. The lowest BCUT2D eigenvalue weighted by atomic mass is 10.0. The van der Waals surface area contributed by atoms with Gasteiger partial charge >= 0.3 is 13.8 Å². The Morgan fingerprint density at radius 2 is 0.693 bits per heavy atom. The van der Waals surface area contributed by atoms with Crippen LogP contribution in [0.5, 0.6) is 0 Å². The van der Waals surface area contributed by atoms with Crippen molar-refractivity contribution in [2.75, 3.05) is 40.9 Å². The summed E-state index contributed by atoms with van der Waals surface area (Å²) in [5.74, 6) is -0.495. The predicted octanol–water partition coefficient (Wildman–Crippen LogP) is 24.5. The molecule has 0 rings (SSSR count). The summed E-state index contributed by atoms with van der Waals surface area (Å²) < 4.78 is 30.9. The van der Waals surface area contributed by atoms with Gasteiger partial charge in [-0.3, -0.25) is 18.6 Å². The maximum Gasteiger partial charge on any atom is 0.472 e. The molecule has 0 fully saturated rings. The van der Waals surface area contributed by atoms with E-state index in [1.165, 1.54) is 250 Å². The summed E-state index contributed by atoms with van der Waals surface area (Å²) in [4.78, 5) is 38.0. The first-order valence-corrected chi connectivity index (χ1v) is 39.6. The number of likely N-dealkylation sites (N-methyl/N-ethyl adjacent to an activating group) is 1. The lowest BCUT2D eigenvalue weighted by molar-refractivity contribution is -0.870. The van der Waals surface area contributed by atoms with Crippen molar-refractivity contribution in [2.45, 2.75) is 386 Å². The van der Waals surface area contributed by atoms with Crippen LogP contribution in [0.4, 0.5) is 0 Å². The lowest BCUT2D eigenvalue weighted by Gasteiger charge is -2.27. The van der Waals surface area contributed by atoms with Gasteiger partial charge in [0.1, 0.15) is 19.3 Å². The zero-order valence-corrected chi connectivity index (χ0v) is 60.1. The van der Waals surface area contributed by atoms with E-state index in [-0.39, 0.29) is 25.1 Å². The normalized spacial score (nSPS) is 13.8. The number of hydrogen-bond donors (Lipinski definition) is 2. The summed E-state index contributed by atoms with van der Waals surface area (Å²) in [6, 6.07) is -0.852. The van der Waals surface area contributed by atoms with Gasteiger partial charge in [-0.15, -0.1) is 0 Å². The number of quaternary nitrogens is 1. The van der Waals surface area contributed by atoms with Crippen LogP contribution in [0.15, 0.2) is 60.8 Å². The number of phosphoric acid groups is 1. The van der Waals surface area contributed by atoms with E-state index in [2.05, 4.69) is 74.7 Å². The third-order valence-corrected chi connectivity index (χ3v) is 18.2. The zero-order valence-electron chi connectivity index (χ0n) is 59.2. The predicted molar refractivity (Wildman–Crippen MR) is 383 cm³/mol. The minimum atomic E-state index is -4.46. The Balaban J connectivity index is 4.98. The van der Waals surface area contributed by atoms with Crippen molar-refractivity contribution in [3.05, 3.63) is 60.8 Å². The number of hydrogen-bond acceptors (Lipinski definition) is 6. The number of esters is 1. The summed E-state index contributed by atoms with van der Waals surface area (Å²) in [7, 11) is 1.50. The molecule has 10 heteroatoms. The van der Waals surface area contributed by atoms with Crippen molar-refractivity contribution in [1.29, 1.82) is 0 Å². The summed E-state index contributed by atoms with van der Waals surface area (Å²) in [6.45, 7) is 7.04. The van der Waals surface area contributed by atoms with Crippen molar-refractivity contribution in [3.8, 4) is 0 Å². The number of nitrogens with zero attached hydrogens (tertiary/aromatic N) is 1. The monoisotopic (exact) mass is 1260 g/mol. The molecule has 0 saturated heterocycles. The fraction of sp³-hybridized carbons (Fsp3) is 0.846. The average molecular weight is 1260 g/mol. The van der Waals surface area contributed by atoms with E-state index in [9.17, 15) is 19.0 Å². The van der Waals surface area contributed by atoms with Gasteiger partial charge in [0.2, 0.25) is 5.91 Å².